The van der Waals surface area contributed by atoms with Gasteiger partial charge in [0, 0.05) is 7.05 Å². The molecule has 1 aromatic heterocycles. The lowest BCUT2D eigenvalue weighted by Gasteiger charge is -2.24. The Labute approximate surface area is 81.3 Å². The van der Waals surface area contributed by atoms with Crippen molar-refractivity contribution in [3.63, 3.8) is 0 Å². The van der Waals surface area contributed by atoms with Gasteiger partial charge in [0.15, 0.2) is 5.82 Å². The quantitative estimate of drug-likeness (QED) is 0.678. The number of anilines is 1. The van der Waals surface area contributed by atoms with Crippen LogP contribution in [-0.2, 0) is 22.7 Å². The highest BCUT2D eigenvalue weighted by Gasteiger charge is 2.19. The second kappa shape index (κ2) is 3.30. The zero-order valence-corrected chi connectivity index (χ0v) is 7.93. The van der Waals surface area contributed by atoms with Gasteiger partial charge in [0.1, 0.15) is 13.3 Å². The van der Waals surface area contributed by atoms with Gasteiger partial charge in [-0.1, -0.05) is 0 Å². The van der Waals surface area contributed by atoms with Crippen molar-refractivity contribution in [2.45, 2.75) is 13.2 Å². The number of fused-ring (bicyclic) bond motifs is 1. The molecule has 1 amide bonds. The summed E-state index contributed by atoms with van der Waals surface area (Å²) >= 11 is 0. The lowest BCUT2D eigenvalue weighted by atomic mass is 10.4. The third kappa shape index (κ3) is 1.44. The Morgan fingerprint density at radius 3 is 3.29 bits per heavy atom. The Morgan fingerprint density at radius 1 is 1.79 bits per heavy atom. The van der Waals surface area contributed by atoms with Crippen molar-refractivity contribution >= 4 is 11.7 Å². The van der Waals surface area contributed by atoms with Crippen LogP contribution in [0.5, 0.6) is 0 Å². The number of carbonyl (C=O) groups excluding carboxylic acids is 1. The van der Waals surface area contributed by atoms with Crippen LogP contribution in [0.15, 0.2) is 6.33 Å². The molecular formula is C8H12N4O2. The van der Waals surface area contributed by atoms with Crippen LogP contribution in [0.4, 0.5) is 5.82 Å². The summed E-state index contributed by atoms with van der Waals surface area (Å²) in [4.78, 5) is 16.8. The highest BCUT2D eigenvalue weighted by molar-refractivity contribution is 5.73. The monoisotopic (exact) mass is 196 g/mol. The molecule has 6 heteroatoms. The third-order valence-corrected chi connectivity index (χ3v) is 2.14. The standard InChI is InChI=1S/C8H12N4O2/c1-11-5-14-3-6-8(11)10-4-12(6)2-7(9)13/h4H,2-3,5H2,1H3,(H2,9,13). The molecule has 2 rings (SSSR count). The molecule has 14 heavy (non-hydrogen) atoms. The highest BCUT2D eigenvalue weighted by atomic mass is 16.5. The number of ether oxygens (including phenoxy) is 1. The van der Waals surface area contributed by atoms with E-state index in [0.29, 0.717) is 13.3 Å². The fourth-order valence-electron chi connectivity index (χ4n) is 1.51. The molecule has 0 aliphatic carbocycles. The molecule has 2 N–H and O–H groups in total. The summed E-state index contributed by atoms with van der Waals surface area (Å²) in [5.41, 5.74) is 6.01. The summed E-state index contributed by atoms with van der Waals surface area (Å²) in [7, 11) is 1.89. The first-order valence-corrected chi connectivity index (χ1v) is 4.29. The molecule has 0 aromatic carbocycles. The topological polar surface area (TPSA) is 73.4 Å². The number of primary amides is 1. The number of nitrogens with zero attached hydrogens (tertiary/aromatic N) is 3. The van der Waals surface area contributed by atoms with Gasteiger partial charge >= 0.3 is 0 Å². The van der Waals surface area contributed by atoms with Crippen LogP contribution in [-0.4, -0.2) is 29.2 Å². The van der Waals surface area contributed by atoms with E-state index in [4.69, 9.17) is 10.5 Å². The van der Waals surface area contributed by atoms with Crippen LogP contribution in [0.1, 0.15) is 5.69 Å². The summed E-state index contributed by atoms with van der Waals surface area (Å²) in [5, 5.41) is 0. The first-order valence-electron chi connectivity index (χ1n) is 4.29. The number of imidazole rings is 1. The predicted molar refractivity (Wildman–Crippen MR) is 49.5 cm³/mol. The molecule has 1 aliphatic rings. The Balaban J connectivity index is 2.31. The van der Waals surface area contributed by atoms with Crippen LogP contribution >= 0.6 is 0 Å². The maximum atomic E-state index is 10.8. The molecule has 0 bridgehead atoms. The molecule has 0 saturated carbocycles. The number of nitrogens with two attached hydrogens (primary N) is 1. The van der Waals surface area contributed by atoms with E-state index in [1.54, 1.807) is 10.9 Å². The highest BCUT2D eigenvalue weighted by Crippen LogP contribution is 2.22. The average Bonchev–Trinajstić information content (AvgIpc) is 2.49. The smallest absolute Gasteiger partial charge is 0.237 e. The van der Waals surface area contributed by atoms with E-state index >= 15 is 0 Å². The fourth-order valence-corrected chi connectivity index (χ4v) is 1.51. The summed E-state index contributed by atoms with van der Waals surface area (Å²) in [6.07, 6.45) is 1.61. The van der Waals surface area contributed by atoms with Crippen molar-refractivity contribution < 1.29 is 9.53 Å². The molecule has 0 fully saturated rings. The largest absolute Gasteiger partial charge is 0.368 e. The van der Waals surface area contributed by atoms with Gasteiger partial charge in [-0.15, -0.1) is 0 Å². The van der Waals surface area contributed by atoms with E-state index in [0.717, 1.165) is 11.5 Å². The fraction of sp³-hybridized carbons (Fsp3) is 0.500. The second-order valence-corrected chi connectivity index (χ2v) is 3.28. The summed E-state index contributed by atoms with van der Waals surface area (Å²) in [5.74, 6) is 0.482. The number of rotatable bonds is 2. The first-order chi connectivity index (χ1) is 6.68. The molecule has 1 aromatic rings. The van der Waals surface area contributed by atoms with Gasteiger partial charge in [-0.2, -0.15) is 0 Å². The lowest BCUT2D eigenvalue weighted by Crippen LogP contribution is -2.28. The van der Waals surface area contributed by atoms with Gasteiger partial charge in [0.2, 0.25) is 5.91 Å². The maximum absolute atomic E-state index is 10.8. The van der Waals surface area contributed by atoms with Gasteiger partial charge in [-0.05, 0) is 0 Å². The van der Waals surface area contributed by atoms with Crippen molar-refractivity contribution in [2.24, 2.45) is 5.73 Å². The van der Waals surface area contributed by atoms with Crippen molar-refractivity contribution in [1.29, 1.82) is 0 Å². The van der Waals surface area contributed by atoms with Crippen LogP contribution < -0.4 is 10.6 Å². The minimum atomic E-state index is -0.376. The number of carbonyl (C=O) groups is 1. The normalized spacial score (nSPS) is 15.4. The molecule has 0 spiro atoms. The molecule has 1 aliphatic heterocycles. The Morgan fingerprint density at radius 2 is 2.57 bits per heavy atom. The van der Waals surface area contributed by atoms with Gasteiger partial charge in [-0.25, -0.2) is 4.98 Å². The number of hydrogen-bond acceptors (Lipinski definition) is 4. The van der Waals surface area contributed by atoms with Gasteiger partial charge in [0.25, 0.3) is 0 Å². The summed E-state index contributed by atoms with van der Waals surface area (Å²) in [6.45, 7) is 1.16. The van der Waals surface area contributed by atoms with Crippen LogP contribution in [0, 0.1) is 0 Å². The number of amides is 1. The Hall–Kier alpha value is -1.56. The predicted octanol–water partition coefficient (Wildman–Crippen LogP) is -0.708. The minimum absolute atomic E-state index is 0.152. The molecular weight excluding hydrogens is 184 g/mol. The van der Waals surface area contributed by atoms with Crippen molar-refractivity contribution in [3.05, 3.63) is 12.0 Å². The van der Waals surface area contributed by atoms with Crippen LogP contribution in [0.25, 0.3) is 0 Å². The Bertz CT molecular complexity index is 360. The van der Waals surface area contributed by atoms with E-state index in [1.807, 2.05) is 11.9 Å². The van der Waals surface area contributed by atoms with Crippen molar-refractivity contribution in [3.8, 4) is 0 Å². The van der Waals surface area contributed by atoms with E-state index in [2.05, 4.69) is 4.98 Å². The molecule has 0 saturated heterocycles. The lowest BCUT2D eigenvalue weighted by molar-refractivity contribution is -0.118. The molecule has 6 nitrogen and oxygen atoms in total. The average molecular weight is 196 g/mol. The molecule has 76 valence electrons. The van der Waals surface area contributed by atoms with Gasteiger partial charge < -0.3 is 19.9 Å². The zero-order valence-electron chi connectivity index (χ0n) is 7.93. The molecule has 0 atom stereocenters. The van der Waals surface area contributed by atoms with E-state index in [9.17, 15) is 4.79 Å². The van der Waals surface area contributed by atoms with Crippen molar-refractivity contribution in [1.82, 2.24) is 9.55 Å². The molecule has 2 heterocycles. The Kier molecular flexibility index (Phi) is 2.12. The zero-order chi connectivity index (χ0) is 10.1. The van der Waals surface area contributed by atoms with Gasteiger partial charge in [-0.3, -0.25) is 4.79 Å². The third-order valence-electron chi connectivity index (χ3n) is 2.14. The second-order valence-electron chi connectivity index (χ2n) is 3.28. The van der Waals surface area contributed by atoms with E-state index in [1.165, 1.54) is 0 Å². The maximum Gasteiger partial charge on any atom is 0.237 e. The van der Waals surface area contributed by atoms with E-state index < -0.39 is 0 Å². The molecule has 0 unspecified atom stereocenters. The summed E-state index contributed by atoms with van der Waals surface area (Å²) in [6, 6.07) is 0. The van der Waals surface area contributed by atoms with Crippen LogP contribution in [0.2, 0.25) is 0 Å². The van der Waals surface area contributed by atoms with Crippen molar-refractivity contribution in [2.75, 3.05) is 18.7 Å². The van der Waals surface area contributed by atoms with Gasteiger partial charge in [0.05, 0.1) is 18.6 Å². The summed E-state index contributed by atoms with van der Waals surface area (Å²) < 4.78 is 7.02. The minimum Gasteiger partial charge on any atom is -0.368 e. The number of hydrogen-bond donors (Lipinski definition) is 1. The number of aromatic nitrogens is 2. The van der Waals surface area contributed by atoms with Crippen LogP contribution in [0.3, 0.4) is 0 Å². The SMILES string of the molecule is CN1COCc2c1ncn2CC(N)=O. The first kappa shape index (κ1) is 9.01. The van der Waals surface area contributed by atoms with E-state index in [-0.39, 0.29) is 12.5 Å². The molecule has 0 radical (unpaired) electrons.